The molecule has 0 aliphatic heterocycles. The highest BCUT2D eigenvalue weighted by atomic mass is 32.1. The highest BCUT2D eigenvalue weighted by Crippen LogP contribution is 2.28. The van der Waals surface area contributed by atoms with E-state index in [9.17, 15) is 9.90 Å². The van der Waals surface area contributed by atoms with Gasteiger partial charge < -0.3 is 9.84 Å². The summed E-state index contributed by atoms with van der Waals surface area (Å²) in [5.74, 6) is -0.456. The maximum Gasteiger partial charge on any atom is 0.351 e. The molecule has 11 heavy (non-hydrogen) atoms. The first-order chi connectivity index (χ1) is 5.16. The van der Waals surface area contributed by atoms with Crippen LogP contribution >= 0.6 is 11.3 Å². The average molecular weight is 172 g/mol. The minimum absolute atomic E-state index is 0.0295. The van der Waals surface area contributed by atoms with E-state index in [1.807, 2.05) is 0 Å². The van der Waals surface area contributed by atoms with Crippen molar-refractivity contribution in [1.29, 1.82) is 0 Å². The maximum atomic E-state index is 10.9. The molecule has 0 spiro atoms. The number of rotatable bonds is 1. The maximum absolute atomic E-state index is 10.9. The van der Waals surface area contributed by atoms with Gasteiger partial charge in [-0.3, -0.25) is 0 Å². The highest BCUT2D eigenvalue weighted by molar-refractivity contribution is 7.12. The van der Waals surface area contributed by atoms with Crippen LogP contribution in [0.25, 0.3) is 0 Å². The molecule has 1 heterocycles. The topological polar surface area (TPSA) is 46.5 Å². The molecule has 0 fully saturated rings. The van der Waals surface area contributed by atoms with Crippen LogP contribution in [0.3, 0.4) is 0 Å². The number of hydrogen-bond acceptors (Lipinski definition) is 4. The van der Waals surface area contributed by atoms with Crippen molar-refractivity contribution in [2.24, 2.45) is 0 Å². The molecule has 60 valence electrons. The third-order valence-electron chi connectivity index (χ3n) is 1.31. The second kappa shape index (κ2) is 2.92. The fraction of sp³-hybridized carbons (Fsp3) is 0.286. The first-order valence-corrected chi connectivity index (χ1v) is 3.90. The van der Waals surface area contributed by atoms with Gasteiger partial charge in [-0.15, -0.1) is 11.3 Å². The lowest BCUT2D eigenvalue weighted by Crippen LogP contribution is -1.97. The van der Waals surface area contributed by atoms with E-state index >= 15 is 0 Å². The first kappa shape index (κ1) is 8.07. The van der Waals surface area contributed by atoms with Gasteiger partial charge in [0.15, 0.2) is 4.88 Å². The lowest BCUT2D eigenvalue weighted by Gasteiger charge is -1.94. The molecule has 0 amide bonds. The van der Waals surface area contributed by atoms with Crippen molar-refractivity contribution in [3.63, 3.8) is 0 Å². The van der Waals surface area contributed by atoms with Gasteiger partial charge in [0.25, 0.3) is 0 Å². The summed E-state index contributed by atoms with van der Waals surface area (Å²) >= 11 is 1.18. The van der Waals surface area contributed by atoms with Crippen LogP contribution in [0, 0.1) is 6.92 Å². The lowest BCUT2D eigenvalue weighted by molar-refractivity contribution is 0.0603. The van der Waals surface area contributed by atoms with Gasteiger partial charge in [-0.25, -0.2) is 4.79 Å². The molecule has 4 heteroatoms. The molecule has 0 radical (unpaired) electrons. The molecule has 0 atom stereocenters. The number of ether oxygens (including phenoxy) is 1. The van der Waals surface area contributed by atoms with E-state index in [1.54, 1.807) is 12.3 Å². The van der Waals surface area contributed by atoms with Gasteiger partial charge in [-0.1, -0.05) is 0 Å². The number of carbonyl (C=O) groups is 1. The fourth-order valence-corrected chi connectivity index (χ4v) is 1.53. The number of hydrogen-bond donors (Lipinski definition) is 1. The second-order valence-corrected chi connectivity index (χ2v) is 2.97. The average Bonchev–Trinajstić information content (AvgIpc) is 2.32. The third-order valence-corrected chi connectivity index (χ3v) is 2.38. The molecule has 1 N–H and O–H groups in total. The van der Waals surface area contributed by atoms with Gasteiger partial charge in [0.05, 0.1) is 7.11 Å². The summed E-state index contributed by atoms with van der Waals surface area (Å²) in [4.78, 5) is 11.1. The summed E-state index contributed by atoms with van der Waals surface area (Å²) in [5.41, 5.74) is 0.704. The molecular weight excluding hydrogens is 164 g/mol. The van der Waals surface area contributed by atoms with Crippen LogP contribution in [-0.4, -0.2) is 18.2 Å². The molecule has 0 unspecified atom stereocenters. The summed E-state index contributed by atoms with van der Waals surface area (Å²) in [7, 11) is 1.29. The molecule has 0 aliphatic carbocycles. The lowest BCUT2D eigenvalue weighted by atomic mass is 10.3. The van der Waals surface area contributed by atoms with Crippen molar-refractivity contribution in [3.05, 3.63) is 15.8 Å². The van der Waals surface area contributed by atoms with Crippen LogP contribution < -0.4 is 0 Å². The smallest absolute Gasteiger partial charge is 0.351 e. The van der Waals surface area contributed by atoms with Crippen molar-refractivity contribution >= 4 is 17.3 Å². The Labute approximate surface area is 68.2 Å². The molecule has 3 nitrogen and oxygen atoms in total. The van der Waals surface area contributed by atoms with Crippen molar-refractivity contribution in [2.45, 2.75) is 6.92 Å². The van der Waals surface area contributed by atoms with Gasteiger partial charge in [0.2, 0.25) is 0 Å². The van der Waals surface area contributed by atoms with Gasteiger partial charge >= 0.3 is 5.97 Å². The largest absolute Gasteiger partial charge is 0.506 e. The standard InChI is InChI=1S/C7H8O3S/c1-4-3-11-6(5(4)8)7(9)10-2/h3,8H,1-2H3. The SMILES string of the molecule is COC(=O)c1scc(C)c1O. The highest BCUT2D eigenvalue weighted by Gasteiger charge is 2.14. The van der Waals surface area contributed by atoms with E-state index in [0.29, 0.717) is 5.56 Å². The molecule has 1 rings (SSSR count). The van der Waals surface area contributed by atoms with Crippen LogP contribution in [0.5, 0.6) is 5.75 Å². The summed E-state index contributed by atoms with van der Waals surface area (Å²) in [6.07, 6.45) is 0. The molecule has 0 saturated heterocycles. The molecule has 0 aliphatic rings. The molecule has 1 aromatic heterocycles. The molecule has 0 bridgehead atoms. The molecular formula is C7H8O3S. The van der Waals surface area contributed by atoms with Gasteiger partial charge in [0, 0.05) is 5.56 Å². The van der Waals surface area contributed by atoms with E-state index in [2.05, 4.69) is 4.74 Å². The van der Waals surface area contributed by atoms with Gasteiger partial charge in [-0.05, 0) is 12.3 Å². The zero-order valence-corrected chi connectivity index (χ0v) is 7.07. The zero-order valence-electron chi connectivity index (χ0n) is 6.25. The van der Waals surface area contributed by atoms with Gasteiger partial charge in [0.1, 0.15) is 5.75 Å². The van der Waals surface area contributed by atoms with E-state index in [4.69, 9.17) is 0 Å². The monoisotopic (exact) mass is 172 g/mol. The zero-order chi connectivity index (χ0) is 8.43. The van der Waals surface area contributed by atoms with Crippen LogP contribution in [0.15, 0.2) is 5.38 Å². The van der Waals surface area contributed by atoms with E-state index < -0.39 is 5.97 Å². The van der Waals surface area contributed by atoms with Crippen molar-refractivity contribution in [1.82, 2.24) is 0 Å². The van der Waals surface area contributed by atoms with Crippen LogP contribution in [0.1, 0.15) is 15.2 Å². The van der Waals surface area contributed by atoms with Crippen LogP contribution in [0.2, 0.25) is 0 Å². The fourth-order valence-electron chi connectivity index (χ4n) is 0.676. The molecule has 0 aromatic carbocycles. The predicted molar refractivity (Wildman–Crippen MR) is 42.1 cm³/mol. The molecule has 1 aromatic rings. The Bertz CT molecular complexity index is 277. The van der Waals surface area contributed by atoms with E-state index in [-0.39, 0.29) is 10.6 Å². The molecule has 0 saturated carbocycles. The Balaban J connectivity index is 3.04. The Morgan fingerprint density at radius 3 is 2.73 bits per heavy atom. The van der Waals surface area contributed by atoms with Gasteiger partial charge in [-0.2, -0.15) is 0 Å². The normalized spacial score (nSPS) is 9.64. The van der Waals surface area contributed by atoms with Crippen molar-refractivity contribution < 1.29 is 14.6 Å². The minimum atomic E-state index is -0.486. The summed E-state index contributed by atoms with van der Waals surface area (Å²) in [6.45, 7) is 1.73. The Hall–Kier alpha value is -1.03. The van der Waals surface area contributed by atoms with E-state index in [1.165, 1.54) is 18.4 Å². The second-order valence-electron chi connectivity index (χ2n) is 2.09. The number of thiophene rings is 1. The van der Waals surface area contributed by atoms with Crippen LogP contribution in [0.4, 0.5) is 0 Å². The summed E-state index contributed by atoms with van der Waals surface area (Å²) < 4.78 is 4.44. The Kier molecular flexibility index (Phi) is 2.14. The third kappa shape index (κ3) is 1.35. The number of aromatic hydroxyl groups is 1. The summed E-state index contributed by atoms with van der Waals surface area (Å²) in [5, 5.41) is 11.0. The van der Waals surface area contributed by atoms with E-state index in [0.717, 1.165) is 0 Å². The quantitative estimate of drug-likeness (QED) is 0.654. The Morgan fingerprint density at radius 2 is 2.36 bits per heavy atom. The first-order valence-electron chi connectivity index (χ1n) is 3.02. The van der Waals surface area contributed by atoms with Crippen molar-refractivity contribution in [2.75, 3.05) is 7.11 Å². The number of aryl methyl sites for hydroxylation is 1. The minimum Gasteiger partial charge on any atom is -0.506 e. The number of esters is 1. The Morgan fingerprint density at radius 1 is 1.73 bits per heavy atom. The summed E-state index contributed by atoms with van der Waals surface area (Å²) in [6, 6.07) is 0. The predicted octanol–water partition coefficient (Wildman–Crippen LogP) is 1.55. The van der Waals surface area contributed by atoms with Crippen molar-refractivity contribution in [3.8, 4) is 5.75 Å². The number of methoxy groups -OCH3 is 1. The van der Waals surface area contributed by atoms with Crippen LogP contribution in [-0.2, 0) is 4.74 Å². The number of carbonyl (C=O) groups excluding carboxylic acids is 1.